The lowest BCUT2D eigenvalue weighted by molar-refractivity contribution is -0.137. The number of rotatable bonds is 8. The number of cyclic esters (lactones) is 1. The first-order valence-corrected chi connectivity index (χ1v) is 12.9. The van der Waals surface area contributed by atoms with E-state index in [0.717, 1.165) is 17.7 Å². The Morgan fingerprint density at radius 2 is 1.88 bits per heavy atom. The third-order valence-electron chi connectivity index (χ3n) is 6.49. The molecule has 3 aromatic carbocycles. The minimum Gasteiger partial charge on any atom is -0.449 e. The van der Waals surface area contributed by atoms with Gasteiger partial charge < -0.3 is 19.0 Å². The molecule has 0 aliphatic carbocycles. The van der Waals surface area contributed by atoms with E-state index in [9.17, 15) is 22.8 Å². The molecule has 1 aliphatic rings. The summed E-state index contributed by atoms with van der Waals surface area (Å²) in [5.74, 6) is -0.938. The number of anilines is 1. The number of benzene rings is 3. The Hall–Kier alpha value is -4.45. The summed E-state index contributed by atoms with van der Waals surface area (Å²) >= 11 is 0. The number of nitrogens with zero attached hydrogens (tertiary/aromatic N) is 3. The number of carbonyl (C=O) groups excluding carboxylic acids is 2. The maximum atomic E-state index is 15.2. The first-order chi connectivity index (χ1) is 19.7. The standard InChI is InChI=1S/C29H26F4N4O4/c30-22(18-40-17-19-6-2-1-3-7-19)16-37-25-11-10-23(36-12-5-13-41-28(36)39)15-24(25)34-27(37)35-26(38)20-8-4-9-21(14-20)29(31,32)33/h1-4,6-11,14-15,22H,5,12-13,16-18H2,(H,34,35,38). The number of aromatic amines is 1. The summed E-state index contributed by atoms with van der Waals surface area (Å²) in [6.07, 6.45) is -5.99. The van der Waals surface area contributed by atoms with Gasteiger partial charge in [-0.25, -0.2) is 9.18 Å². The summed E-state index contributed by atoms with van der Waals surface area (Å²) in [6, 6.07) is 18.1. The number of hydrogen-bond acceptors (Lipinski definition) is 4. The maximum Gasteiger partial charge on any atom is 0.416 e. The fraction of sp³-hybridized carbons (Fsp3) is 0.276. The molecule has 0 saturated carbocycles. The molecule has 2 heterocycles. The van der Waals surface area contributed by atoms with Gasteiger partial charge in [-0.2, -0.15) is 18.2 Å². The van der Waals surface area contributed by atoms with Crippen LogP contribution in [0.1, 0.15) is 27.9 Å². The number of halogens is 4. The molecular formula is C29H26F4N4O4. The SMILES string of the molecule is O=C(/N=c1\[nH]c2cc(N3CCCOC3=O)ccc2n1CC(F)COCc1ccccc1)c1cccc(C(F)(F)F)c1. The van der Waals surface area contributed by atoms with Crippen LogP contribution in [0.3, 0.4) is 0 Å². The molecule has 1 aliphatic heterocycles. The summed E-state index contributed by atoms with van der Waals surface area (Å²) in [5, 5.41) is 0. The van der Waals surface area contributed by atoms with Crippen molar-refractivity contribution in [1.29, 1.82) is 0 Å². The number of carbonyl (C=O) groups is 2. The summed E-state index contributed by atoms with van der Waals surface area (Å²) in [6.45, 7) is 0.481. The number of nitrogens with one attached hydrogen (secondary N) is 1. The van der Waals surface area contributed by atoms with Crippen LogP contribution in [0.5, 0.6) is 0 Å². The molecule has 214 valence electrons. The normalized spacial score (nSPS) is 15.3. The number of amides is 2. The zero-order valence-corrected chi connectivity index (χ0v) is 21.7. The Morgan fingerprint density at radius 1 is 1.07 bits per heavy atom. The van der Waals surface area contributed by atoms with Gasteiger partial charge in [0.2, 0.25) is 5.62 Å². The minimum atomic E-state index is -4.63. The van der Waals surface area contributed by atoms with Gasteiger partial charge in [0.15, 0.2) is 0 Å². The van der Waals surface area contributed by atoms with Crippen molar-refractivity contribution in [2.75, 3.05) is 24.7 Å². The molecule has 0 bridgehead atoms. The second-order valence-corrected chi connectivity index (χ2v) is 9.47. The van der Waals surface area contributed by atoms with E-state index in [1.54, 1.807) is 18.2 Å². The molecule has 1 unspecified atom stereocenters. The van der Waals surface area contributed by atoms with E-state index in [4.69, 9.17) is 9.47 Å². The molecule has 1 saturated heterocycles. The fourth-order valence-corrected chi connectivity index (χ4v) is 4.51. The first-order valence-electron chi connectivity index (χ1n) is 12.9. The van der Waals surface area contributed by atoms with Crippen molar-refractivity contribution in [1.82, 2.24) is 9.55 Å². The van der Waals surface area contributed by atoms with Gasteiger partial charge >= 0.3 is 12.3 Å². The van der Waals surface area contributed by atoms with E-state index >= 15 is 4.39 Å². The lowest BCUT2D eigenvalue weighted by Crippen LogP contribution is -2.37. The second-order valence-electron chi connectivity index (χ2n) is 9.47. The first kappa shape index (κ1) is 28.1. The summed E-state index contributed by atoms with van der Waals surface area (Å²) in [4.78, 5) is 33.6. The van der Waals surface area contributed by atoms with Crippen LogP contribution in [0.2, 0.25) is 0 Å². The Bertz CT molecular complexity index is 1610. The van der Waals surface area contributed by atoms with Crippen LogP contribution in [0.15, 0.2) is 77.8 Å². The van der Waals surface area contributed by atoms with Gasteiger partial charge in [-0.15, -0.1) is 0 Å². The van der Waals surface area contributed by atoms with Crippen molar-refractivity contribution in [2.45, 2.75) is 31.9 Å². The van der Waals surface area contributed by atoms with Crippen LogP contribution in [0.4, 0.5) is 28.0 Å². The average molecular weight is 571 g/mol. The number of hydrogen-bond donors (Lipinski definition) is 1. The zero-order chi connectivity index (χ0) is 29.0. The Balaban J connectivity index is 1.46. The van der Waals surface area contributed by atoms with Gasteiger partial charge in [-0.1, -0.05) is 36.4 Å². The van der Waals surface area contributed by atoms with Gasteiger partial charge in [0.25, 0.3) is 5.91 Å². The molecule has 4 aromatic rings. The number of imidazole rings is 1. The number of aromatic nitrogens is 2. The Morgan fingerprint density at radius 3 is 2.63 bits per heavy atom. The largest absolute Gasteiger partial charge is 0.449 e. The van der Waals surface area contributed by atoms with Crippen LogP contribution in [-0.4, -0.2) is 47.5 Å². The highest BCUT2D eigenvalue weighted by atomic mass is 19.4. The lowest BCUT2D eigenvalue weighted by atomic mass is 10.1. The molecule has 1 atom stereocenters. The van der Waals surface area contributed by atoms with Crippen molar-refractivity contribution < 1.29 is 36.6 Å². The molecular weight excluding hydrogens is 544 g/mol. The van der Waals surface area contributed by atoms with Crippen molar-refractivity contribution in [3.63, 3.8) is 0 Å². The smallest absolute Gasteiger partial charge is 0.416 e. The number of alkyl halides is 4. The number of H-pyrrole nitrogens is 1. The highest BCUT2D eigenvalue weighted by Gasteiger charge is 2.31. The zero-order valence-electron chi connectivity index (χ0n) is 21.7. The van der Waals surface area contributed by atoms with Crippen molar-refractivity contribution in [2.24, 2.45) is 4.99 Å². The molecule has 12 heteroatoms. The summed E-state index contributed by atoms with van der Waals surface area (Å²) in [7, 11) is 0. The van der Waals surface area contributed by atoms with Gasteiger partial charge in [0.1, 0.15) is 6.17 Å². The van der Waals surface area contributed by atoms with Crippen LogP contribution >= 0.6 is 0 Å². The minimum absolute atomic E-state index is 0.0634. The molecule has 1 N–H and O–H groups in total. The molecule has 0 radical (unpaired) electrons. The van der Waals surface area contributed by atoms with E-state index in [1.165, 1.54) is 15.5 Å². The average Bonchev–Trinajstić information content (AvgIpc) is 3.29. The molecule has 0 spiro atoms. The second kappa shape index (κ2) is 12.0. The third-order valence-corrected chi connectivity index (χ3v) is 6.49. The van der Waals surface area contributed by atoms with Gasteiger partial charge in [0, 0.05) is 17.8 Å². The van der Waals surface area contributed by atoms with Gasteiger partial charge in [-0.05, 0) is 48.4 Å². The van der Waals surface area contributed by atoms with Crippen molar-refractivity contribution in [3.8, 4) is 0 Å². The highest BCUT2D eigenvalue weighted by molar-refractivity contribution is 5.95. The molecule has 1 fully saturated rings. The predicted molar refractivity (Wildman–Crippen MR) is 142 cm³/mol. The van der Waals surface area contributed by atoms with Crippen LogP contribution < -0.4 is 10.5 Å². The van der Waals surface area contributed by atoms with Crippen LogP contribution in [-0.2, 0) is 28.8 Å². The number of fused-ring (bicyclic) bond motifs is 1. The fourth-order valence-electron chi connectivity index (χ4n) is 4.51. The van der Waals surface area contributed by atoms with E-state index in [2.05, 4.69) is 9.98 Å². The number of ether oxygens (including phenoxy) is 2. The maximum absolute atomic E-state index is 15.2. The highest BCUT2D eigenvalue weighted by Crippen LogP contribution is 2.29. The van der Waals surface area contributed by atoms with E-state index in [0.29, 0.717) is 42.4 Å². The van der Waals surface area contributed by atoms with E-state index in [1.807, 2.05) is 30.3 Å². The monoisotopic (exact) mass is 570 g/mol. The lowest BCUT2D eigenvalue weighted by Gasteiger charge is -2.26. The molecule has 8 nitrogen and oxygen atoms in total. The van der Waals surface area contributed by atoms with E-state index < -0.39 is 29.9 Å². The molecule has 5 rings (SSSR count). The Labute approximate surface area is 231 Å². The summed E-state index contributed by atoms with van der Waals surface area (Å²) < 4.78 is 66.8. The van der Waals surface area contributed by atoms with Gasteiger partial charge in [0.05, 0.1) is 43.0 Å². The topological polar surface area (TPSA) is 88.9 Å². The van der Waals surface area contributed by atoms with Crippen molar-refractivity contribution in [3.05, 3.63) is 95.1 Å². The van der Waals surface area contributed by atoms with Gasteiger partial charge in [-0.3, -0.25) is 9.69 Å². The van der Waals surface area contributed by atoms with Crippen LogP contribution in [0.25, 0.3) is 11.0 Å². The molecule has 1 aromatic heterocycles. The van der Waals surface area contributed by atoms with Crippen LogP contribution in [0, 0.1) is 0 Å². The quantitative estimate of drug-likeness (QED) is 0.278. The molecule has 2 amide bonds. The predicted octanol–water partition coefficient (Wildman–Crippen LogP) is 5.63. The molecule has 41 heavy (non-hydrogen) atoms. The van der Waals surface area contributed by atoms with Crippen molar-refractivity contribution >= 4 is 28.7 Å². The van der Waals surface area contributed by atoms with E-state index in [-0.39, 0.29) is 30.9 Å². The third kappa shape index (κ3) is 6.65. The Kier molecular flexibility index (Phi) is 8.20. The summed E-state index contributed by atoms with van der Waals surface area (Å²) in [5.41, 5.74) is 0.992.